The molecule has 0 N–H and O–H groups in total. The Labute approximate surface area is 174 Å². The number of nitrogens with zero attached hydrogens (tertiary/aromatic N) is 2. The van der Waals surface area contributed by atoms with Crippen LogP contribution >= 0.6 is 0 Å². The summed E-state index contributed by atoms with van der Waals surface area (Å²) in [6, 6.07) is 8.57. The van der Waals surface area contributed by atoms with Crippen molar-refractivity contribution in [2.75, 3.05) is 26.7 Å². The maximum atomic E-state index is 11.2. The molecule has 1 fully saturated rings. The van der Waals surface area contributed by atoms with Gasteiger partial charge in [-0.1, -0.05) is 19.4 Å². The predicted molar refractivity (Wildman–Crippen MR) is 116 cm³/mol. The molecular weight excluding hydrogens is 364 g/mol. The summed E-state index contributed by atoms with van der Waals surface area (Å²) in [6.07, 6.45) is 10.1. The molecule has 0 spiro atoms. The van der Waals surface area contributed by atoms with Crippen LogP contribution in [-0.2, 0) is 16.0 Å². The second-order valence-electron chi connectivity index (χ2n) is 7.96. The Hall–Kier alpha value is -2.14. The first-order chi connectivity index (χ1) is 14.2. The van der Waals surface area contributed by atoms with E-state index in [0.717, 1.165) is 63.0 Å². The van der Waals surface area contributed by atoms with Gasteiger partial charge in [-0.15, -0.1) is 0 Å². The van der Waals surface area contributed by atoms with E-state index in [1.165, 1.54) is 30.9 Å². The molecule has 0 saturated carbocycles. The lowest BCUT2D eigenvalue weighted by Gasteiger charge is -2.32. The highest BCUT2D eigenvalue weighted by Crippen LogP contribution is 2.29. The third kappa shape index (κ3) is 6.43. The molecule has 0 radical (unpaired) electrons. The Morgan fingerprint density at radius 3 is 2.79 bits per heavy atom. The fourth-order valence-electron chi connectivity index (χ4n) is 3.97. The predicted octanol–water partition coefficient (Wildman–Crippen LogP) is 4.76. The average Bonchev–Trinajstić information content (AvgIpc) is 2.76. The molecule has 0 unspecified atom stereocenters. The van der Waals surface area contributed by atoms with E-state index < -0.39 is 0 Å². The van der Waals surface area contributed by atoms with Crippen LogP contribution in [0.1, 0.15) is 57.4 Å². The van der Waals surface area contributed by atoms with Gasteiger partial charge in [0.2, 0.25) is 0 Å². The number of aryl methyl sites for hydroxylation is 1. The molecule has 0 bridgehead atoms. The number of pyridine rings is 1. The third-order valence-corrected chi connectivity index (χ3v) is 5.71. The first-order valence-corrected chi connectivity index (χ1v) is 11.0. The Morgan fingerprint density at radius 1 is 1.21 bits per heavy atom. The first kappa shape index (κ1) is 21.6. The van der Waals surface area contributed by atoms with E-state index in [1.54, 1.807) is 0 Å². The summed E-state index contributed by atoms with van der Waals surface area (Å²) in [4.78, 5) is 18.3. The number of carbonyl (C=O) groups excluding carboxylic acids is 1. The highest BCUT2D eigenvalue weighted by molar-refractivity contribution is 5.85. The Balaban J connectivity index is 1.53. The van der Waals surface area contributed by atoms with Crippen molar-refractivity contribution in [2.24, 2.45) is 0 Å². The van der Waals surface area contributed by atoms with Gasteiger partial charge in [0.15, 0.2) is 0 Å². The van der Waals surface area contributed by atoms with Gasteiger partial charge in [0.1, 0.15) is 17.4 Å². The Kier molecular flexibility index (Phi) is 8.29. The quantitative estimate of drug-likeness (QED) is 0.426. The molecule has 0 aliphatic carbocycles. The van der Waals surface area contributed by atoms with Gasteiger partial charge < -0.3 is 14.4 Å². The van der Waals surface area contributed by atoms with Gasteiger partial charge in [-0.25, -0.2) is 0 Å². The van der Waals surface area contributed by atoms with E-state index in [2.05, 4.69) is 35.0 Å². The number of unbranched alkanes of at least 4 members (excludes halogenated alkanes) is 2. The number of carbonyl (C=O) groups is 1. The standard InChI is InChI=1S/C24H34N2O3/c1-3-4-8-19-17-20-9-7-13-25-24(20)22(18-19)29-21-11-15-26(16-12-21)14-6-5-10-23(27)28-2/h7,9,13,17-18,21H,3-6,8,10-12,14-16H2,1-2H3. The number of piperidine rings is 1. The lowest BCUT2D eigenvalue weighted by molar-refractivity contribution is -0.140. The molecule has 1 aliphatic rings. The number of benzene rings is 1. The van der Waals surface area contributed by atoms with Gasteiger partial charge in [0.05, 0.1) is 7.11 Å². The number of methoxy groups -OCH3 is 1. The molecule has 5 nitrogen and oxygen atoms in total. The van der Waals surface area contributed by atoms with Gasteiger partial charge in [-0.05, 0) is 68.8 Å². The third-order valence-electron chi connectivity index (χ3n) is 5.71. The van der Waals surface area contributed by atoms with Crippen LogP contribution in [0.5, 0.6) is 5.75 Å². The lowest BCUT2D eigenvalue weighted by Crippen LogP contribution is -2.38. The maximum Gasteiger partial charge on any atom is 0.305 e. The summed E-state index contributed by atoms with van der Waals surface area (Å²) < 4.78 is 11.2. The molecule has 0 atom stereocenters. The van der Waals surface area contributed by atoms with Crippen molar-refractivity contribution >= 4 is 16.9 Å². The topological polar surface area (TPSA) is 51.7 Å². The molecule has 0 amide bonds. The summed E-state index contributed by atoms with van der Waals surface area (Å²) in [5.74, 6) is 0.824. The molecule has 1 aromatic heterocycles. The number of hydrogen-bond donors (Lipinski definition) is 0. The molecular formula is C24H34N2O3. The molecule has 29 heavy (non-hydrogen) atoms. The summed E-state index contributed by atoms with van der Waals surface area (Å²) in [5.41, 5.74) is 2.31. The molecule has 2 aromatic rings. The minimum Gasteiger partial charge on any atom is -0.488 e. The van der Waals surface area contributed by atoms with Crippen LogP contribution in [0.3, 0.4) is 0 Å². The van der Waals surface area contributed by atoms with Crippen LogP contribution in [0.4, 0.5) is 0 Å². The minimum atomic E-state index is -0.112. The zero-order chi connectivity index (χ0) is 20.5. The summed E-state index contributed by atoms with van der Waals surface area (Å²) in [5, 5.41) is 1.17. The highest BCUT2D eigenvalue weighted by atomic mass is 16.5. The number of ether oxygens (including phenoxy) is 2. The van der Waals surface area contributed by atoms with Crippen molar-refractivity contribution in [3.05, 3.63) is 36.0 Å². The molecule has 5 heteroatoms. The number of esters is 1. The van der Waals surface area contributed by atoms with Crippen molar-refractivity contribution in [1.29, 1.82) is 0 Å². The smallest absolute Gasteiger partial charge is 0.305 e. The van der Waals surface area contributed by atoms with Gasteiger partial charge in [0, 0.05) is 31.1 Å². The highest BCUT2D eigenvalue weighted by Gasteiger charge is 2.21. The number of rotatable bonds is 10. The zero-order valence-corrected chi connectivity index (χ0v) is 17.9. The van der Waals surface area contributed by atoms with Crippen molar-refractivity contribution in [1.82, 2.24) is 9.88 Å². The van der Waals surface area contributed by atoms with Crippen LogP contribution in [-0.4, -0.2) is 48.7 Å². The Bertz CT molecular complexity index is 785. The molecule has 1 aromatic carbocycles. The van der Waals surface area contributed by atoms with E-state index in [9.17, 15) is 4.79 Å². The second-order valence-corrected chi connectivity index (χ2v) is 7.96. The summed E-state index contributed by atoms with van der Waals surface area (Å²) >= 11 is 0. The monoisotopic (exact) mass is 398 g/mol. The van der Waals surface area contributed by atoms with Crippen molar-refractivity contribution in [3.8, 4) is 5.75 Å². The molecule has 2 heterocycles. The van der Waals surface area contributed by atoms with Crippen LogP contribution in [0.2, 0.25) is 0 Å². The van der Waals surface area contributed by atoms with Crippen LogP contribution in [0, 0.1) is 0 Å². The normalized spacial score (nSPS) is 15.5. The van der Waals surface area contributed by atoms with Crippen LogP contribution < -0.4 is 4.74 Å². The molecule has 1 saturated heterocycles. The van der Waals surface area contributed by atoms with E-state index in [4.69, 9.17) is 9.47 Å². The number of hydrogen-bond acceptors (Lipinski definition) is 5. The average molecular weight is 399 g/mol. The Morgan fingerprint density at radius 2 is 2.03 bits per heavy atom. The van der Waals surface area contributed by atoms with E-state index >= 15 is 0 Å². The largest absolute Gasteiger partial charge is 0.488 e. The van der Waals surface area contributed by atoms with Gasteiger partial charge in [-0.2, -0.15) is 0 Å². The number of aromatic nitrogens is 1. The maximum absolute atomic E-state index is 11.2. The van der Waals surface area contributed by atoms with Crippen molar-refractivity contribution in [3.63, 3.8) is 0 Å². The lowest BCUT2D eigenvalue weighted by atomic mass is 10.0. The van der Waals surface area contributed by atoms with Gasteiger partial charge in [0.25, 0.3) is 0 Å². The first-order valence-electron chi connectivity index (χ1n) is 11.0. The molecule has 1 aliphatic heterocycles. The SMILES string of the molecule is CCCCc1cc(OC2CCN(CCCCC(=O)OC)CC2)c2ncccc2c1. The van der Waals surface area contributed by atoms with Crippen molar-refractivity contribution in [2.45, 2.75) is 64.4 Å². The number of likely N-dealkylation sites (tertiary alicyclic amines) is 1. The summed E-state index contributed by atoms with van der Waals surface area (Å²) in [6.45, 7) is 5.36. The summed E-state index contributed by atoms with van der Waals surface area (Å²) in [7, 11) is 1.45. The fraction of sp³-hybridized carbons (Fsp3) is 0.583. The molecule has 3 rings (SSSR count). The zero-order valence-electron chi connectivity index (χ0n) is 17.9. The van der Waals surface area contributed by atoms with Gasteiger partial charge >= 0.3 is 5.97 Å². The molecule has 158 valence electrons. The van der Waals surface area contributed by atoms with E-state index in [1.807, 2.05) is 12.3 Å². The van der Waals surface area contributed by atoms with Crippen molar-refractivity contribution < 1.29 is 14.3 Å². The van der Waals surface area contributed by atoms with E-state index in [0.29, 0.717) is 6.42 Å². The second kappa shape index (κ2) is 11.1. The van der Waals surface area contributed by atoms with E-state index in [-0.39, 0.29) is 12.1 Å². The fourth-order valence-corrected chi connectivity index (χ4v) is 3.97. The van der Waals surface area contributed by atoms with Crippen LogP contribution in [0.15, 0.2) is 30.5 Å². The van der Waals surface area contributed by atoms with Gasteiger partial charge in [-0.3, -0.25) is 9.78 Å². The minimum absolute atomic E-state index is 0.112. The van der Waals surface area contributed by atoms with Crippen LogP contribution in [0.25, 0.3) is 10.9 Å². The number of fused-ring (bicyclic) bond motifs is 1.